The summed E-state index contributed by atoms with van der Waals surface area (Å²) in [6.45, 7) is 2.39. The number of methoxy groups -OCH3 is 1. The van der Waals surface area contributed by atoms with E-state index in [1.807, 2.05) is 53.4 Å². The van der Waals surface area contributed by atoms with E-state index in [-0.39, 0.29) is 24.5 Å². The number of ether oxygens (including phenoxy) is 1. The molecule has 6 heteroatoms. The maximum atomic E-state index is 12.6. The van der Waals surface area contributed by atoms with E-state index in [1.54, 1.807) is 7.11 Å². The first kappa shape index (κ1) is 18.5. The minimum atomic E-state index is -0.127. The lowest BCUT2D eigenvalue weighted by molar-refractivity contribution is -0.124. The molecule has 1 atom stereocenters. The fourth-order valence-electron chi connectivity index (χ4n) is 4.19. The molecule has 6 nitrogen and oxygen atoms in total. The third kappa shape index (κ3) is 3.47. The minimum Gasteiger partial charge on any atom is -0.496 e. The summed E-state index contributed by atoms with van der Waals surface area (Å²) >= 11 is 0. The van der Waals surface area contributed by atoms with Crippen LogP contribution in [0.3, 0.4) is 0 Å². The fourth-order valence-corrected chi connectivity index (χ4v) is 4.19. The SMILES string of the molecule is COc1ccccc1CCNC(=O)CN1CCCN2C(=O)c3ccccc3[C@@H]12. The van der Waals surface area contributed by atoms with Crippen LogP contribution in [0.2, 0.25) is 0 Å². The second kappa shape index (κ2) is 8.02. The second-order valence-corrected chi connectivity index (χ2v) is 7.20. The first-order valence-electron chi connectivity index (χ1n) is 9.71. The summed E-state index contributed by atoms with van der Waals surface area (Å²) in [4.78, 5) is 29.2. The number of rotatable bonds is 6. The molecule has 146 valence electrons. The molecule has 2 aromatic rings. The van der Waals surface area contributed by atoms with Gasteiger partial charge in [-0.05, 0) is 30.5 Å². The van der Waals surface area contributed by atoms with Crippen molar-refractivity contribution in [1.29, 1.82) is 0 Å². The van der Waals surface area contributed by atoms with Crippen molar-refractivity contribution in [2.24, 2.45) is 0 Å². The lowest BCUT2D eigenvalue weighted by Gasteiger charge is -2.39. The van der Waals surface area contributed by atoms with Gasteiger partial charge in [-0.2, -0.15) is 0 Å². The highest BCUT2D eigenvalue weighted by atomic mass is 16.5. The van der Waals surface area contributed by atoms with Crippen LogP contribution < -0.4 is 10.1 Å². The van der Waals surface area contributed by atoms with Gasteiger partial charge in [-0.15, -0.1) is 0 Å². The zero-order valence-corrected chi connectivity index (χ0v) is 16.1. The standard InChI is InChI=1S/C22H25N3O3/c1-28-19-10-5-2-7-16(19)11-12-23-20(26)15-24-13-6-14-25-21(24)17-8-3-4-9-18(17)22(25)27/h2-5,7-10,21H,6,11-15H2,1H3,(H,23,26)/t21-/m0/s1. The van der Waals surface area contributed by atoms with Gasteiger partial charge in [0.05, 0.1) is 13.7 Å². The highest BCUT2D eigenvalue weighted by Crippen LogP contribution is 2.38. The monoisotopic (exact) mass is 379 g/mol. The molecule has 2 aliphatic rings. The summed E-state index contributed by atoms with van der Waals surface area (Å²) in [6.07, 6.45) is 1.47. The number of nitrogens with one attached hydrogen (secondary N) is 1. The third-order valence-corrected chi connectivity index (χ3v) is 5.47. The lowest BCUT2D eigenvalue weighted by atomic mass is 10.1. The van der Waals surface area contributed by atoms with Gasteiger partial charge in [0.25, 0.3) is 5.91 Å². The van der Waals surface area contributed by atoms with Gasteiger partial charge in [0, 0.05) is 30.8 Å². The molecule has 0 bridgehead atoms. The molecule has 0 unspecified atom stereocenters. The number of hydrogen-bond acceptors (Lipinski definition) is 4. The predicted octanol–water partition coefficient (Wildman–Crippen LogP) is 2.21. The zero-order chi connectivity index (χ0) is 19.5. The number of fused-ring (bicyclic) bond motifs is 3. The van der Waals surface area contributed by atoms with Crippen LogP contribution in [0.1, 0.15) is 34.1 Å². The quantitative estimate of drug-likeness (QED) is 0.836. The number of amides is 2. The Morgan fingerprint density at radius 3 is 2.79 bits per heavy atom. The Morgan fingerprint density at radius 1 is 1.14 bits per heavy atom. The van der Waals surface area contributed by atoms with Gasteiger partial charge in [0.2, 0.25) is 5.91 Å². The number of para-hydroxylation sites is 1. The van der Waals surface area contributed by atoms with Gasteiger partial charge in [-0.25, -0.2) is 0 Å². The highest BCUT2D eigenvalue weighted by molar-refractivity contribution is 5.99. The largest absolute Gasteiger partial charge is 0.496 e. The van der Waals surface area contributed by atoms with Crippen molar-refractivity contribution in [2.45, 2.75) is 19.0 Å². The van der Waals surface area contributed by atoms with Crippen LogP contribution in [-0.4, -0.2) is 54.9 Å². The van der Waals surface area contributed by atoms with Gasteiger partial charge < -0.3 is 15.0 Å². The van der Waals surface area contributed by atoms with Crippen LogP contribution in [-0.2, 0) is 11.2 Å². The number of hydrogen-bond donors (Lipinski definition) is 1. The Bertz CT molecular complexity index is 883. The van der Waals surface area contributed by atoms with Crippen molar-refractivity contribution >= 4 is 11.8 Å². The highest BCUT2D eigenvalue weighted by Gasteiger charge is 2.42. The molecule has 2 aliphatic heterocycles. The molecule has 1 N–H and O–H groups in total. The molecular weight excluding hydrogens is 354 g/mol. The second-order valence-electron chi connectivity index (χ2n) is 7.20. The van der Waals surface area contributed by atoms with E-state index in [1.165, 1.54) is 0 Å². The molecule has 0 saturated carbocycles. The van der Waals surface area contributed by atoms with E-state index < -0.39 is 0 Å². The van der Waals surface area contributed by atoms with E-state index in [4.69, 9.17) is 4.74 Å². The average Bonchev–Trinajstić information content (AvgIpc) is 3.02. The van der Waals surface area contributed by atoms with Gasteiger partial charge in [0.15, 0.2) is 0 Å². The van der Waals surface area contributed by atoms with Crippen LogP contribution in [0.5, 0.6) is 5.75 Å². The summed E-state index contributed by atoms with van der Waals surface area (Å²) in [5.74, 6) is 0.889. The van der Waals surface area contributed by atoms with Crippen molar-refractivity contribution in [2.75, 3.05) is 33.3 Å². The molecule has 0 spiro atoms. The summed E-state index contributed by atoms with van der Waals surface area (Å²) in [6, 6.07) is 15.6. The molecule has 2 aromatic carbocycles. The number of benzene rings is 2. The summed E-state index contributed by atoms with van der Waals surface area (Å²) < 4.78 is 5.36. The first-order valence-corrected chi connectivity index (χ1v) is 9.71. The number of carbonyl (C=O) groups excluding carboxylic acids is 2. The molecule has 2 heterocycles. The molecule has 1 fully saturated rings. The summed E-state index contributed by atoms with van der Waals surface area (Å²) in [5, 5.41) is 3.01. The van der Waals surface area contributed by atoms with Gasteiger partial charge in [-0.3, -0.25) is 14.5 Å². The molecule has 0 radical (unpaired) electrons. The molecule has 0 aliphatic carbocycles. The molecule has 28 heavy (non-hydrogen) atoms. The fraction of sp³-hybridized carbons (Fsp3) is 0.364. The lowest BCUT2D eigenvalue weighted by Crippen LogP contribution is -2.49. The van der Waals surface area contributed by atoms with Crippen LogP contribution >= 0.6 is 0 Å². The Kier molecular flexibility index (Phi) is 5.30. The molecule has 4 rings (SSSR count). The zero-order valence-electron chi connectivity index (χ0n) is 16.1. The van der Waals surface area contributed by atoms with E-state index >= 15 is 0 Å². The van der Waals surface area contributed by atoms with E-state index in [2.05, 4.69) is 10.2 Å². The van der Waals surface area contributed by atoms with Crippen molar-refractivity contribution in [1.82, 2.24) is 15.1 Å². The number of carbonyl (C=O) groups is 2. The first-order chi connectivity index (χ1) is 13.7. The predicted molar refractivity (Wildman–Crippen MR) is 106 cm³/mol. The topological polar surface area (TPSA) is 61.9 Å². The smallest absolute Gasteiger partial charge is 0.255 e. The van der Waals surface area contributed by atoms with Crippen LogP contribution in [0.25, 0.3) is 0 Å². The van der Waals surface area contributed by atoms with Crippen molar-refractivity contribution in [3.63, 3.8) is 0 Å². The minimum absolute atomic E-state index is 0.0198. The van der Waals surface area contributed by atoms with Crippen LogP contribution in [0.4, 0.5) is 0 Å². The van der Waals surface area contributed by atoms with Crippen LogP contribution in [0.15, 0.2) is 48.5 Å². The maximum Gasteiger partial charge on any atom is 0.255 e. The molecule has 1 saturated heterocycles. The van der Waals surface area contributed by atoms with Crippen molar-refractivity contribution in [3.05, 3.63) is 65.2 Å². The van der Waals surface area contributed by atoms with Crippen molar-refractivity contribution < 1.29 is 14.3 Å². The van der Waals surface area contributed by atoms with E-state index in [0.717, 1.165) is 42.0 Å². The van der Waals surface area contributed by atoms with E-state index in [9.17, 15) is 9.59 Å². The van der Waals surface area contributed by atoms with E-state index in [0.29, 0.717) is 13.0 Å². The van der Waals surface area contributed by atoms with Gasteiger partial charge >= 0.3 is 0 Å². The Labute approximate surface area is 165 Å². The van der Waals surface area contributed by atoms with Crippen molar-refractivity contribution in [3.8, 4) is 5.75 Å². The maximum absolute atomic E-state index is 12.6. The molecule has 2 amide bonds. The average molecular weight is 379 g/mol. The Balaban J connectivity index is 1.37. The summed E-state index contributed by atoms with van der Waals surface area (Å²) in [7, 11) is 1.65. The Morgan fingerprint density at radius 2 is 1.93 bits per heavy atom. The Hall–Kier alpha value is -2.86. The van der Waals surface area contributed by atoms with Gasteiger partial charge in [0.1, 0.15) is 11.9 Å². The van der Waals surface area contributed by atoms with Gasteiger partial charge in [-0.1, -0.05) is 36.4 Å². The normalized spacial score (nSPS) is 18.5. The molecular formula is C22H25N3O3. The van der Waals surface area contributed by atoms with Crippen LogP contribution in [0, 0.1) is 0 Å². The molecule has 0 aromatic heterocycles. The number of nitrogens with zero attached hydrogens (tertiary/aromatic N) is 2. The third-order valence-electron chi connectivity index (χ3n) is 5.47. The summed E-state index contributed by atoms with van der Waals surface area (Å²) in [5.41, 5.74) is 2.84.